The summed E-state index contributed by atoms with van der Waals surface area (Å²) in [6.07, 6.45) is 3.03. The number of benzene rings is 1. The topological polar surface area (TPSA) is 61.4 Å². The molecule has 0 aliphatic heterocycles. The molecule has 0 spiro atoms. The fraction of sp³-hybridized carbons (Fsp3) is 0.400. The van der Waals surface area contributed by atoms with Crippen LogP contribution in [0.1, 0.15) is 5.56 Å². The summed E-state index contributed by atoms with van der Waals surface area (Å²) in [5.41, 5.74) is 2.51. The van der Waals surface area contributed by atoms with Gasteiger partial charge in [-0.05, 0) is 18.1 Å². The van der Waals surface area contributed by atoms with E-state index in [1.54, 1.807) is 14.2 Å². The van der Waals surface area contributed by atoms with Gasteiger partial charge in [0.2, 0.25) is 0 Å². The van der Waals surface area contributed by atoms with E-state index in [0.29, 0.717) is 6.61 Å². The van der Waals surface area contributed by atoms with Crippen LogP contribution in [0, 0.1) is 0 Å². The molecule has 0 unspecified atom stereocenters. The van der Waals surface area contributed by atoms with Crippen molar-refractivity contribution in [3.8, 4) is 0 Å². The van der Waals surface area contributed by atoms with E-state index in [1.807, 2.05) is 6.07 Å². The van der Waals surface area contributed by atoms with Crippen LogP contribution in [0.25, 0.3) is 10.9 Å². The van der Waals surface area contributed by atoms with E-state index < -0.39 is 0 Å². The van der Waals surface area contributed by atoms with Crippen molar-refractivity contribution >= 4 is 16.9 Å². The smallest absolute Gasteiger partial charge is 0.191 e. The molecule has 5 nitrogen and oxygen atoms in total. The molecule has 0 amide bonds. The van der Waals surface area contributed by atoms with E-state index in [4.69, 9.17) is 4.74 Å². The minimum absolute atomic E-state index is 0.670. The molecule has 0 saturated heterocycles. The number of nitrogens with one attached hydrogen (secondary N) is 3. The molecule has 1 aromatic carbocycles. The van der Waals surface area contributed by atoms with Crippen LogP contribution in [0.3, 0.4) is 0 Å². The third-order valence-corrected chi connectivity index (χ3v) is 3.18. The average molecular weight is 274 g/mol. The standard InChI is InChI=1S/C15H22N4O/c1-16-15(18-9-10-20-2)17-8-7-12-11-19-14-6-4-3-5-13(12)14/h3-6,11,19H,7-10H2,1-2H3,(H2,16,17,18). The summed E-state index contributed by atoms with van der Waals surface area (Å²) < 4.78 is 5.00. The van der Waals surface area contributed by atoms with Crippen molar-refractivity contribution in [1.29, 1.82) is 0 Å². The van der Waals surface area contributed by atoms with Crippen LogP contribution < -0.4 is 10.6 Å². The first-order valence-electron chi connectivity index (χ1n) is 6.83. The van der Waals surface area contributed by atoms with Crippen molar-refractivity contribution in [3.63, 3.8) is 0 Å². The summed E-state index contributed by atoms with van der Waals surface area (Å²) >= 11 is 0. The lowest BCUT2D eigenvalue weighted by atomic mass is 10.1. The van der Waals surface area contributed by atoms with Crippen molar-refractivity contribution < 1.29 is 4.74 Å². The summed E-state index contributed by atoms with van der Waals surface area (Å²) in [6, 6.07) is 8.35. The van der Waals surface area contributed by atoms with E-state index in [1.165, 1.54) is 16.5 Å². The molecule has 2 aromatic rings. The molecule has 0 fully saturated rings. The summed E-state index contributed by atoms with van der Waals surface area (Å²) in [5, 5.41) is 7.78. The highest BCUT2D eigenvalue weighted by atomic mass is 16.5. The number of para-hydroxylation sites is 1. The van der Waals surface area contributed by atoms with E-state index in [2.05, 4.69) is 45.0 Å². The zero-order chi connectivity index (χ0) is 14.2. The van der Waals surface area contributed by atoms with E-state index in [0.717, 1.165) is 25.5 Å². The molecule has 0 aliphatic rings. The van der Waals surface area contributed by atoms with Gasteiger partial charge in [-0.15, -0.1) is 0 Å². The summed E-state index contributed by atoms with van der Waals surface area (Å²) in [7, 11) is 3.46. The molecular formula is C15H22N4O. The molecule has 3 N–H and O–H groups in total. The molecule has 0 radical (unpaired) electrons. The van der Waals surface area contributed by atoms with Gasteiger partial charge in [-0.25, -0.2) is 0 Å². The van der Waals surface area contributed by atoms with Gasteiger partial charge in [-0.3, -0.25) is 4.99 Å². The summed E-state index contributed by atoms with van der Waals surface area (Å²) in [4.78, 5) is 7.46. The fourth-order valence-corrected chi connectivity index (χ4v) is 2.15. The maximum absolute atomic E-state index is 5.00. The number of nitrogens with zero attached hydrogens (tertiary/aromatic N) is 1. The Morgan fingerprint density at radius 1 is 1.25 bits per heavy atom. The maximum atomic E-state index is 5.00. The third kappa shape index (κ3) is 3.74. The number of ether oxygens (including phenoxy) is 1. The van der Waals surface area contributed by atoms with Crippen LogP contribution in [0.4, 0.5) is 0 Å². The first kappa shape index (κ1) is 14.4. The van der Waals surface area contributed by atoms with Crippen LogP contribution in [-0.4, -0.2) is 44.8 Å². The second-order valence-corrected chi connectivity index (χ2v) is 4.53. The second kappa shape index (κ2) is 7.55. The van der Waals surface area contributed by atoms with Crippen LogP contribution in [0.5, 0.6) is 0 Å². The number of guanidine groups is 1. The molecule has 2 rings (SSSR count). The van der Waals surface area contributed by atoms with Gasteiger partial charge < -0.3 is 20.4 Å². The molecule has 0 aliphatic carbocycles. The number of H-pyrrole nitrogens is 1. The number of fused-ring (bicyclic) bond motifs is 1. The Hall–Kier alpha value is -2.01. The highest BCUT2D eigenvalue weighted by Crippen LogP contribution is 2.17. The van der Waals surface area contributed by atoms with Gasteiger partial charge in [0.05, 0.1) is 6.61 Å². The minimum Gasteiger partial charge on any atom is -0.383 e. The monoisotopic (exact) mass is 274 g/mol. The van der Waals surface area contributed by atoms with Gasteiger partial charge in [0.15, 0.2) is 5.96 Å². The molecule has 0 bridgehead atoms. The van der Waals surface area contributed by atoms with Crippen LogP contribution in [0.15, 0.2) is 35.5 Å². The van der Waals surface area contributed by atoms with Gasteiger partial charge in [-0.1, -0.05) is 18.2 Å². The molecule has 1 heterocycles. The van der Waals surface area contributed by atoms with E-state index >= 15 is 0 Å². The molecule has 0 atom stereocenters. The van der Waals surface area contributed by atoms with Gasteiger partial charge in [-0.2, -0.15) is 0 Å². The van der Waals surface area contributed by atoms with Crippen LogP contribution in [-0.2, 0) is 11.2 Å². The van der Waals surface area contributed by atoms with Crippen molar-refractivity contribution in [3.05, 3.63) is 36.0 Å². The lowest BCUT2D eigenvalue weighted by Crippen LogP contribution is -2.39. The molecule has 1 aromatic heterocycles. The zero-order valence-electron chi connectivity index (χ0n) is 12.1. The lowest BCUT2D eigenvalue weighted by molar-refractivity contribution is 0.203. The predicted molar refractivity (Wildman–Crippen MR) is 83.2 cm³/mol. The van der Waals surface area contributed by atoms with Crippen molar-refractivity contribution in [2.24, 2.45) is 4.99 Å². The predicted octanol–water partition coefficient (Wildman–Crippen LogP) is 1.52. The van der Waals surface area contributed by atoms with Gasteiger partial charge in [0.1, 0.15) is 0 Å². The second-order valence-electron chi connectivity index (χ2n) is 4.53. The Bertz CT molecular complexity index is 562. The largest absolute Gasteiger partial charge is 0.383 e. The molecule has 0 saturated carbocycles. The van der Waals surface area contributed by atoms with Gasteiger partial charge >= 0.3 is 0 Å². The molecular weight excluding hydrogens is 252 g/mol. The van der Waals surface area contributed by atoms with Crippen molar-refractivity contribution in [1.82, 2.24) is 15.6 Å². The number of aromatic nitrogens is 1. The van der Waals surface area contributed by atoms with Crippen LogP contribution in [0.2, 0.25) is 0 Å². The van der Waals surface area contributed by atoms with Crippen molar-refractivity contribution in [2.45, 2.75) is 6.42 Å². The van der Waals surface area contributed by atoms with E-state index in [9.17, 15) is 0 Å². The van der Waals surface area contributed by atoms with Gasteiger partial charge in [0, 0.05) is 44.3 Å². The van der Waals surface area contributed by atoms with E-state index in [-0.39, 0.29) is 0 Å². The van der Waals surface area contributed by atoms with Gasteiger partial charge in [0.25, 0.3) is 0 Å². The number of methoxy groups -OCH3 is 1. The SMILES string of the molecule is CN=C(NCCOC)NCCc1c[nH]c2ccccc12. The number of aliphatic imine (C=N–C) groups is 1. The Kier molecular flexibility index (Phi) is 5.43. The first-order chi connectivity index (χ1) is 9.85. The zero-order valence-corrected chi connectivity index (χ0v) is 12.1. The number of aromatic amines is 1. The Morgan fingerprint density at radius 3 is 2.85 bits per heavy atom. The maximum Gasteiger partial charge on any atom is 0.191 e. The fourth-order valence-electron chi connectivity index (χ4n) is 2.15. The highest BCUT2D eigenvalue weighted by Gasteiger charge is 2.03. The van der Waals surface area contributed by atoms with Crippen LogP contribution >= 0.6 is 0 Å². The highest BCUT2D eigenvalue weighted by molar-refractivity contribution is 5.83. The number of hydrogen-bond acceptors (Lipinski definition) is 2. The Labute approximate surface area is 119 Å². The van der Waals surface area contributed by atoms with Crippen molar-refractivity contribution in [2.75, 3.05) is 33.9 Å². The Morgan fingerprint density at radius 2 is 2.05 bits per heavy atom. The molecule has 20 heavy (non-hydrogen) atoms. The molecule has 5 heteroatoms. The Balaban J connectivity index is 1.83. The summed E-state index contributed by atoms with van der Waals surface area (Å²) in [5.74, 6) is 0.807. The quantitative estimate of drug-likeness (QED) is 0.425. The normalized spacial score (nSPS) is 11.8. The third-order valence-electron chi connectivity index (χ3n) is 3.18. The summed E-state index contributed by atoms with van der Waals surface area (Å²) in [6.45, 7) is 2.26. The lowest BCUT2D eigenvalue weighted by Gasteiger charge is -2.11. The molecule has 108 valence electrons. The number of rotatable bonds is 6. The first-order valence-corrected chi connectivity index (χ1v) is 6.83. The minimum atomic E-state index is 0.670. The number of hydrogen-bond donors (Lipinski definition) is 3. The average Bonchev–Trinajstić information content (AvgIpc) is 2.89.